The molecule has 1 saturated carbocycles. The average molecular weight is 371 g/mol. The van der Waals surface area contributed by atoms with Crippen LogP contribution in [-0.4, -0.2) is 29.0 Å². The number of pyridine rings is 1. The highest BCUT2D eigenvalue weighted by molar-refractivity contribution is 5.83. The number of amides is 1. The number of aromatic nitrogens is 1. The predicted molar refractivity (Wildman–Crippen MR) is 104 cm³/mol. The maximum atomic E-state index is 12.5. The van der Waals surface area contributed by atoms with E-state index in [1.165, 1.54) is 0 Å². The highest BCUT2D eigenvalue weighted by atomic mass is 16.2. The SMILES string of the molecule is N#Cc1cc(-c2ccc(CC(C#N)NC(=O)C3NC4CCC3C4)cc2)ccn1. The molecule has 6 nitrogen and oxygen atoms in total. The Hall–Kier alpha value is -3.22. The van der Waals surface area contributed by atoms with E-state index >= 15 is 0 Å². The molecule has 140 valence electrons. The lowest BCUT2D eigenvalue weighted by Gasteiger charge is -2.23. The molecule has 2 aliphatic rings. The molecule has 28 heavy (non-hydrogen) atoms. The van der Waals surface area contributed by atoms with Crippen molar-refractivity contribution in [2.24, 2.45) is 5.92 Å². The number of nitriles is 2. The average Bonchev–Trinajstić information content (AvgIpc) is 3.37. The number of hydrogen-bond donors (Lipinski definition) is 2. The highest BCUT2D eigenvalue weighted by Gasteiger charge is 2.42. The number of fused-ring (bicyclic) bond motifs is 2. The summed E-state index contributed by atoms with van der Waals surface area (Å²) in [4.78, 5) is 16.5. The normalized spacial score (nSPS) is 23.6. The minimum absolute atomic E-state index is 0.0591. The number of nitrogens with zero attached hydrogens (tertiary/aromatic N) is 3. The molecule has 2 N–H and O–H groups in total. The Balaban J connectivity index is 1.39. The van der Waals surface area contributed by atoms with E-state index in [-0.39, 0.29) is 11.9 Å². The Morgan fingerprint density at radius 1 is 1.21 bits per heavy atom. The van der Waals surface area contributed by atoms with Crippen LogP contribution in [0.5, 0.6) is 0 Å². The molecule has 4 atom stereocenters. The van der Waals surface area contributed by atoms with E-state index in [0.29, 0.717) is 24.1 Å². The molecular weight excluding hydrogens is 350 g/mol. The molecule has 2 bridgehead atoms. The van der Waals surface area contributed by atoms with Gasteiger partial charge in [0.25, 0.3) is 0 Å². The number of benzene rings is 1. The fourth-order valence-corrected chi connectivity index (χ4v) is 4.28. The molecule has 2 fully saturated rings. The van der Waals surface area contributed by atoms with E-state index in [1.807, 2.05) is 36.4 Å². The number of carbonyl (C=O) groups is 1. The van der Waals surface area contributed by atoms with Gasteiger partial charge in [-0.15, -0.1) is 0 Å². The number of piperidine rings is 1. The van der Waals surface area contributed by atoms with Gasteiger partial charge in [-0.1, -0.05) is 24.3 Å². The van der Waals surface area contributed by atoms with Gasteiger partial charge in [-0.2, -0.15) is 10.5 Å². The van der Waals surface area contributed by atoms with Crippen molar-refractivity contribution in [1.29, 1.82) is 10.5 Å². The molecule has 0 spiro atoms. The van der Waals surface area contributed by atoms with E-state index in [4.69, 9.17) is 5.26 Å². The summed E-state index contributed by atoms with van der Waals surface area (Å²) in [6, 6.07) is 15.4. The minimum Gasteiger partial charge on any atom is -0.339 e. The highest BCUT2D eigenvalue weighted by Crippen LogP contribution is 2.35. The number of carbonyl (C=O) groups excluding carboxylic acids is 1. The lowest BCUT2D eigenvalue weighted by Crippen LogP contribution is -2.50. The van der Waals surface area contributed by atoms with Gasteiger partial charge in [0.2, 0.25) is 5.91 Å². The van der Waals surface area contributed by atoms with Crippen LogP contribution >= 0.6 is 0 Å². The van der Waals surface area contributed by atoms with Crippen molar-refractivity contribution in [1.82, 2.24) is 15.6 Å². The standard InChI is InChI=1S/C22H21N5O/c23-12-19-10-16(7-8-25-19)15-3-1-14(2-4-15)9-20(13-24)27-22(28)21-17-5-6-18(11-17)26-21/h1-4,7-8,10,17-18,20-21,26H,5-6,9,11H2,(H,27,28). The molecule has 1 aromatic heterocycles. The zero-order valence-corrected chi connectivity index (χ0v) is 15.4. The van der Waals surface area contributed by atoms with Crippen LogP contribution in [0.15, 0.2) is 42.6 Å². The number of rotatable bonds is 5. The molecule has 1 saturated heterocycles. The Kier molecular flexibility index (Phi) is 5.06. The first kappa shape index (κ1) is 18.2. The fraction of sp³-hybridized carbons (Fsp3) is 0.364. The van der Waals surface area contributed by atoms with Gasteiger partial charge in [-0.25, -0.2) is 4.98 Å². The van der Waals surface area contributed by atoms with Gasteiger partial charge < -0.3 is 10.6 Å². The van der Waals surface area contributed by atoms with E-state index in [0.717, 1.165) is 36.0 Å². The molecule has 6 heteroatoms. The summed E-state index contributed by atoms with van der Waals surface area (Å²) in [5.41, 5.74) is 3.26. The van der Waals surface area contributed by atoms with Crippen LogP contribution in [0, 0.1) is 28.6 Å². The van der Waals surface area contributed by atoms with E-state index in [9.17, 15) is 10.1 Å². The summed E-state index contributed by atoms with van der Waals surface area (Å²) in [5, 5.41) is 24.7. The van der Waals surface area contributed by atoms with Gasteiger partial charge in [0.15, 0.2) is 0 Å². The zero-order valence-electron chi connectivity index (χ0n) is 15.4. The Morgan fingerprint density at radius 2 is 2.04 bits per heavy atom. The second-order valence-corrected chi connectivity index (χ2v) is 7.55. The second-order valence-electron chi connectivity index (χ2n) is 7.55. The van der Waals surface area contributed by atoms with Crippen LogP contribution in [0.1, 0.15) is 30.5 Å². The van der Waals surface area contributed by atoms with E-state index in [1.54, 1.807) is 12.3 Å². The number of nitrogens with one attached hydrogen (secondary N) is 2. The molecular formula is C22H21N5O. The quantitative estimate of drug-likeness (QED) is 0.840. The van der Waals surface area contributed by atoms with Gasteiger partial charge in [0, 0.05) is 18.7 Å². The maximum Gasteiger partial charge on any atom is 0.238 e. The smallest absolute Gasteiger partial charge is 0.238 e. The van der Waals surface area contributed by atoms with Crippen molar-refractivity contribution in [3.05, 3.63) is 53.9 Å². The molecule has 1 aromatic carbocycles. The van der Waals surface area contributed by atoms with Gasteiger partial charge in [-0.3, -0.25) is 4.79 Å². The van der Waals surface area contributed by atoms with E-state index in [2.05, 4.69) is 21.7 Å². The molecule has 1 amide bonds. The summed E-state index contributed by atoms with van der Waals surface area (Å²) < 4.78 is 0. The van der Waals surface area contributed by atoms with Crippen LogP contribution in [0.4, 0.5) is 0 Å². The third-order valence-corrected chi connectivity index (χ3v) is 5.72. The van der Waals surface area contributed by atoms with Crippen molar-refractivity contribution in [3.63, 3.8) is 0 Å². The Labute approximate surface area is 164 Å². The molecule has 1 aliphatic heterocycles. The predicted octanol–water partition coefficient (Wildman–Crippen LogP) is 2.31. The van der Waals surface area contributed by atoms with Crippen molar-refractivity contribution in [2.45, 2.75) is 43.8 Å². The Morgan fingerprint density at radius 3 is 2.68 bits per heavy atom. The van der Waals surface area contributed by atoms with Gasteiger partial charge in [-0.05, 0) is 54.0 Å². The number of hydrogen-bond acceptors (Lipinski definition) is 5. The summed E-state index contributed by atoms with van der Waals surface area (Å²) in [5.74, 6) is 0.346. The first-order valence-corrected chi connectivity index (χ1v) is 9.58. The second kappa shape index (κ2) is 7.80. The Bertz CT molecular complexity index is 956. The molecule has 4 rings (SSSR count). The summed E-state index contributed by atoms with van der Waals surface area (Å²) >= 11 is 0. The lowest BCUT2D eigenvalue weighted by molar-refractivity contribution is -0.124. The van der Waals surface area contributed by atoms with Crippen molar-refractivity contribution in [2.75, 3.05) is 0 Å². The van der Waals surface area contributed by atoms with Crippen LogP contribution in [-0.2, 0) is 11.2 Å². The molecule has 4 unspecified atom stereocenters. The van der Waals surface area contributed by atoms with Crippen LogP contribution in [0.3, 0.4) is 0 Å². The third kappa shape index (κ3) is 3.74. The van der Waals surface area contributed by atoms with Gasteiger partial charge in [0.05, 0.1) is 12.1 Å². The monoisotopic (exact) mass is 371 g/mol. The lowest BCUT2D eigenvalue weighted by atomic mass is 9.98. The van der Waals surface area contributed by atoms with Gasteiger partial charge in [0.1, 0.15) is 17.8 Å². The van der Waals surface area contributed by atoms with Crippen LogP contribution in [0.2, 0.25) is 0 Å². The maximum absolute atomic E-state index is 12.5. The van der Waals surface area contributed by atoms with Crippen LogP contribution < -0.4 is 10.6 Å². The van der Waals surface area contributed by atoms with Crippen molar-refractivity contribution < 1.29 is 4.79 Å². The first-order valence-electron chi connectivity index (χ1n) is 9.58. The van der Waals surface area contributed by atoms with Gasteiger partial charge >= 0.3 is 0 Å². The molecule has 2 heterocycles. The third-order valence-electron chi connectivity index (χ3n) is 5.72. The first-order chi connectivity index (χ1) is 13.7. The topological polar surface area (TPSA) is 102 Å². The van der Waals surface area contributed by atoms with E-state index < -0.39 is 6.04 Å². The minimum atomic E-state index is -0.551. The zero-order chi connectivity index (χ0) is 19.5. The summed E-state index contributed by atoms with van der Waals surface area (Å²) in [6.07, 6.45) is 5.39. The summed E-state index contributed by atoms with van der Waals surface area (Å²) in [6.45, 7) is 0. The van der Waals surface area contributed by atoms with Crippen molar-refractivity contribution in [3.8, 4) is 23.3 Å². The fourth-order valence-electron chi connectivity index (χ4n) is 4.28. The molecule has 0 radical (unpaired) electrons. The van der Waals surface area contributed by atoms with Crippen LogP contribution in [0.25, 0.3) is 11.1 Å². The molecule has 2 aromatic rings. The molecule has 1 aliphatic carbocycles. The summed E-state index contributed by atoms with van der Waals surface area (Å²) in [7, 11) is 0. The van der Waals surface area contributed by atoms with Crippen molar-refractivity contribution >= 4 is 5.91 Å². The largest absolute Gasteiger partial charge is 0.339 e.